The Morgan fingerprint density at radius 1 is 1.36 bits per heavy atom. The van der Waals surface area contributed by atoms with Crippen molar-refractivity contribution in [3.8, 4) is 5.75 Å². The first-order chi connectivity index (χ1) is 10.1. The summed E-state index contributed by atoms with van der Waals surface area (Å²) in [6.07, 6.45) is -0.544. The van der Waals surface area contributed by atoms with E-state index in [-0.39, 0.29) is 6.54 Å². The lowest BCUT2D eigenvalue weighted by Crippen LogP contribution is -2.32. The normalized spacial score (nSPS) is 10.8. The van der Waals surface area contributed by atoms with Crippen LogP contribution in [0.5, 0.6) is 5.75 Å². The van der Waals surface area contributed by atoms with Gasteiger partial charge in [0.1, 0.15) is 11.4 Å². The Labute approximate surface area is 135 Å². The van der Waals surface area contributed by atoms with Gasteiger partial charge in [0.05, 0.1) is 12.8 Å². The molecular formula is C14H21N3O4S. The molecule has 0 saturated carbocycles. The minimum Gasteiger partial charge on any atom is -0.496 e. The second-order valence-corrected chi connectivity index (χ2v) is 5.90. The van der Waals surface area contributed by atoms with Gasteiger partial charge < -0.3 is 20.5 Å². The number of primary amides is 1. The van der Waals surface area contributed by atoms with E-state index in [1.165, 1.54) is 7.11 Å². The number of nitrogens with two attached hydrogens (primary N) is 1. The van der Waals surface area contributed by atoms with Crippen LogP contribution >= 0.6 is 12.8 Å². The Morgan fingerprint density at radius 2 is 2.00 bits per heavy atom. The molecule has 0 fully saturated rings. The van der Waals surface area contributed by atoms with E-state index in [2.05, 4.69) is 18.1 Å². The van der Waals surface area contributed by atoms with Crippen molar-refractivity contribution in [1.82, 2.24) is 5.32 Å². The molecule has 7 nitrogen and oxygen atoms in total. The topological polar surface area (TPSA) is 93.9 Å². The lowest BCUT2D eigenvalue weighted by molar-refractivity contribution is 0.0523. The number of anilines is 1. The summed E-state index contributed by atoms with van der Waals surface area (Å²) in [4.78, 5) is 22.8. The van der Waals surface area contributed by atoms with Crippen LogP contribution in [0.1, 0.15) is 26.3 Å². The second-order valence-electron chi connectivity index (χ2n) is 5.50. The van der Waals surface area contributed by atoms with E-state index in [0.717, 1.165) is 4.31 Å². The van der Waals surface area contributed by atoms with Crippen LogP contribution in [0.3, 0.4) is 0 Å². The molecule has 1 aromatic rings. The zero-order valence-electron chi connectivity index (χ0n) is 13.0. The fraction of sp³-hybridized carbons (Fsp3) is 0.429. The molecule has 122 valence electrons. The highest BCUT2D eigenvalue weighted by Crippen LogP contribution is 2.26. The number of urea groups is 1. The van der Waals surface area contributed by atoms with Gasteiger partial charge in [-0.3, -0.25) is 0 Å². The van der Waals surface area contributed by atoms with Gasteiger partial charge >= 0.3 is 12.1 Å². The van der Waals surface area contributed by atoms with E-state index in [0.29, 0.717) is 17.0 Å². The molecule has 0 unspecified atom stereocenters. The fourth-order valence-corrected chi connectivity index (χ4v) is 1.77. The van der Waals surface area contributed by atoms with Gasteiger partial charge in [-0.05, 0) is 39.0 Å². The Bertz CT molecular complexity index is 558. The molecule has 0 aromatic heterocycles. The van der Waals surface area contributed by atoms with Gasteiger partial charge in [-0.25, -0.2) is 13.9 Å². The minimum atomic E-state index is -0.709. The van der Waals surface area contributed by atoms with Gasteiger partial charge in [-0.1, -0.05) is 12.8 Å². The first kappa shape index (κ1) is 18.0. The maximum absolute atomic E-state index is 11.7. The molecule has 0 aliphatic heterocycles. The predicted octanol–water partition coefficient (Wildman–Crippen LogP) is 2.45. The summed E-state index contributed by atoms with van der Waals surface area (Å²) in [7, 11) is 1.51. The SMILES string of the molecule is COc1ccc(N(S)C(N)=O)cc1CNC(=O)OC(C)(C)C. The van der Waals surface area contributed by atoms with E-state index in [9.17, 15) is 9.59 Å². The van der Waals surface area contributed by atoms with Crippen molar-refractivity contribution in [2.75, 3.05) is 11.4 Å². The van der Waals surface area contributed by atoms with Gasteiger partial charge in [-0.15, -0.1) is 0 Å². The summed E-state index contributed by atoms with van der Waals surface area (Å²) in [6.45, 7) is 5.50. The number of nitrogens with zero attached hydrogens (tertiary/aromatic N) is 1. The standard InChI is InChI=1S/C14H21N3O4S/c1-14(2,3)21-13(19)16-8-9-7-10(17(22)12(15)18)5-6-11(9)20-4/h5-7,22H,8H2,1-4H3,(H2,15,18)(H,16,19). The van der Waals surface area contributed by atoms with Crippen LogP contribution in [-0.4, -0.2) is 24.8 Å². The van der Waals surface area contributed by atoms with Gasteiger partial charge in [-0.2, -0.15) is 0 Å². The maximum atomic E-state index is 11.7. The number of carbonyl (C=O) groups is 2. The van der Waals surface area contributed by atoms with Crippen molar-refractivity contribution in [2.45, 2.75) is 32.9 Å². The molecule has 1 rings (SSSR count). The molecule has 0 radical (unpaired) electrons. The summed E-state index contributed by atoms with van der Waals surface area (Å²) in [5.74, 6) is 0.561. The Kier molecular flexibility index (Phi) is 5.92. The van der Waals surface area contributed by atoms with Crippen LogP contribution in [0.2, 0.25) is 0 Å². The van der Waals surface area contributed by atoms with E-state index in [4.69, 9.17) is 15.2 Å². The maximum Gasteiger partial charge on any atom is 0.407 e. The highest BCUT2D eigenvalue weighted by Gasteiger charge is 2.17. The highest BCUT2D eigenvalue weighted by molar-refractivity contribution is 7.82. The number of rotatable bonds is 4. The molecule has 0 heterocycles. The highest BCUT2D eigenvalue weighted by atomic mass is 32.1. The summed E-state index contributed by atoms with van der Waals surface area (Å²) in [6, 6.07) is 4.23. The lowest BCUT2D eigenvalue weighted by atomic mass is 10.1. The molecule has 0 aliphatic carbocycles. The summed E-state index contributed by atoms with van der Waals surface area (Å²) in [5.41, 5.74) is 5.72. The van der Waals surface area contributed by atoms with E-state index in [1.54, 1.807) is 39.0 Å². The zero-order chi connectivity index (χ0) is 16.9. The number of benzene rings is 1. The van der Waals surface area contributed by atoms with Crippen molar-refractivity contribution in [2.24, 2.45) is 5.73 Å². The number of amides is 3. The van der Waals surface area contributed by atoms with Crippen molar-refractivity contribution in [3.63, 3.8) is 0 Å². The fourth-order valence-electron chi connectivity index (χ4n) is 1.64. The van der Waals surface area contributed by atoms with Crippen LogP contribution in [-0.2, 0) is 11.3 Å². The molecule has 0 spiro atoms. The third-order valence-electron chi connectivity index (χ3n) is 2.54. The van der Waals surface area contributed by atoms with Crippen molar-refractivity contribution < 1.29 is 19.1 Å². The zero-order valence-corrected chi connectivity index (χ0v) is 13.9. The van der Waals surface area contributed by atoms with Crippen molar-refractivity contribution >= 4 is 30.6 Å². The smallest absolute Gasteiger partial charge is 0.407 e. The number of thiol groups is 1. The Balaban J connectivity index is 2.86. The second kappa shape index (κ2) is 7.26. The number of hydrogen-bond donors (Lipinski definition) is 3. The average Bonchev–Trinajstić information content (AvgIpc) is 2.42. The van der Waals surface area contributed by atoms with Crippen LogP contribution in [0.15, 0.2) is 18.2 Å². The molecule has 0 aliphatic rings. The van der Waals surface area contributed by atoms with Crippen LogP contribution < -0.4 is 20.1 Å². The molecule has 22 heavy (non-hydrogen) atoms. The van der Waals surface area contributed by atoms with Gasteiger partial charge in [0, 0.05) is 12.1 Å². The first-order valence-corrected chi connectivity index (χ1v) is 6.96. The van der Waals surface area contributed by atoms with E-state index in [1.807, 2.05) is 0 Å². The van der Waals surface area contributed by atoms with E-state index < -0.39 is 17.7 Å². The minimum absolute atomic E-state index is 0.173. The average molecular weight is 327 g/mol. The summed E-state index contributed by atoms with van der Waals surface area (Å²) >= 11 is 4.00. The monoisotopic (exact) mass is 327 g/mol. The molecule has 0 atom stereocenters. The van der Waals surface area contributed by atoms with Gasteiger partial charge in [0.25, 0.3) is 0 Å². The largest absolute Gasteiger partial charge is 0.496 e. The molecule has 0 saturated heterocycles. The predicted molar refractivity (Wildman–Crippen MR) is 87.1 cm³/mol. The number of nitrogens with one attached hydrogen (secondary N) is 1. The van der Waals surface area contributed by atoms with Crippen molar-refractivity contribution in [3.05, 3.63) is 23.8 Å². The van der Waals surface area contributed by atoms with E-state index >= 15 is 0 Å². The summed E-state index contributed by atoms with van der Waals surface area (Å²) in [5, 5.41) is 2.62. The van der Waals surface area contributed by atoms with Crippen LogP contribution in [0.4, 0.5) is 15.3 Å². The number of methoxy groups -OCH3 is 1. The molecule has 1 aromatic carbocycles. The molecule has 0 bridgehead atoms. The number of ether oxygens (including phenoxy) is 2. The lowest BCUT2D eigenvalue weighted by Gasteiger charge is -2.20. The molecular weight excluding hydrogens is 306 g/mol. The Hall–Kier alpha value is -2.09. The van der Waals surface area contributed by atoms with Crippen molar-refractivity contribution in [1.29, 1.82) is 0 Å². The number of alkyl carbamates (subject to hydrolysis) is 1. The molecule has 3 amide bonds. The number of carbonyl (C=O) groups excluding carboxylic acids is 2. The molecule has 8 heteroatoms. The quantitative estimate of drug-likeness (QED) is 0.740. The van der Waals surface area contributed by atoms with Crippen LogP contribution in [0.25, 0.3) is 0 Å². The first-order valence-electron chi connectivity index (χ1n) is 6.56. The third kappa shape index (κ3) is 5.36. The number of hydrogen-bond acceptors (Lipinski definition) is 5. The van der Waals surface area contributed by atoms with Gasteiger partial charge in [0.2, 0.25) is 0 Å². The molecule has 3 N–H and O–H groups in total. The van der Waals surface area contributed by atoms with Gasteiger partial charge in [0.15, 0.2) is 0 Å². The van der Waals surface area contributed by atoms with Crippen LogP contribution in [0, 0.1) is 0 Å². The third-order valence-corrected chi connectivity index (χ3v) is 2.97. The summed E-state index contributed by atoms with van der Waals surface area (Å²) < 4.78 is 11.4. The Morgan fingerprint density at radius 3 is 2.50 bits per heavy atom.